The normalized spacial score (nSPS) is 15.7. The molecule has 0 heteroatoms. The summed E-state index contributed by atoms with van der Waals surface area (Å²) in [6.45, 7) is 13.0. The van der Waals surface area contributed by atoms with E-state index in [0.29, 0.717) is 0 Å². The fraction of sp³-hybridized carbons (Fsp3) is 0.833. The van der Waals surface area contributed by atoms with Crippen LogP contribution < -0.4 is 0 Å². The van der Waals surface area contributed by atoms with E-state index in [4.69, 9.17) is 0 Å². The van der Waals surface area contributed by atoms with Crippen LogP contribution in [0.4, 0.5) is 0 Å². The van der Waals surface area contributed by atoms with Crippen molar-refractivity contribution in [1.29, 1.82) is 0 Å². The van der Waals surface area contributed by atoms with Gasteiger partial charge in [0.25, 0.3) is 0 Å². The zero-order valence-corrected chi connectivity index (χ0v) is 9.19. The average Bonchev–Trinajstić information content (AvgIpc) is 1.98. The molecule has 0 heterocycles. The Bertz CT molecular complexity index is 124. The van der Waals surface area contributed by atoms with Crippen LogP contribution in [0.15, 0.2) is 12.2 Å². The van der Waals surface area contributed by atoms with Gasteiger partial charge in [-0.1, -0.05) is 45.6 Å². The van der Waals surface area contributed by atoms with E-state index in [1.807, 2.05) is 0 Å². The first-order chi connectivity index (χ1) is 5.61. The zero-order chi connectivity index (χ0) is 9.56. The molecule has 72 valence electrons. The summed E-state index contributed by atoms with van der Waals surface area (Å²) in [4.78, 5) is 0. The molecule has 0 saturated carbocycles. The lowest BCUT2D eigenvalue weighted by Gasteiger charge is -2.22. The van der Waals surface area contributed by atoms with Crippen molar-refractivity contribution in [3.05, 3.63) is 12.2 Å². The monoisotopic (exact) mass is 168 g/mol. The number of allylic oxidation sites excluding steroid dienone is 1. The third-order valence-corrected chi connectivity index (χ3v) is 2.66. The minimum absolute atomic E-state index is 0.826. The molecular formula is C12H24. The maximum absolute atomic E-state index is 3.97. The van der Waals surface area contributed by atoms with Gasteiger partial charge in [-0.3, -0.25) is 0 Å². The Morgan fingerprint density at radius 3 is 2.25 bits per heavy atom. The molecule has 0 fully saturated rings. The molecule has 0 spiro atoms. The molecular weight excluding hydrogens is 144 g/mol. The minimum atomic E-state index is 0.826. The van der Waals surface area contributed by atoms with E-state index in [-0.39, 0.29) is 0 Å². The summed E-state index contributed by atoms with van der Waals surface area (Å²) in [6.07, 6.45) is 5.23. The van der Waals surface area contributed by atoms with E-state index < -0.39 is 0 Å². The second-order valence-corrected chi connectivity index (χ2v) is 4.10. The predicted octanol–water partition coefficient (Wildman–Crippen LogP) is 4.42. The molecule has 2 atom stereocenters. The van der Waals surface area contributed by atoms with Crippen LogP contribution in [0.3, 0.4) is 0 Å². The van der Waals surface area contributed by atoms with Crippen LogP contribution in [-0.2, 0) is 0 Å². The molecule has 0 saturated heterocycles. The highest BCUT2D eigenvalue weighted by Crippen LogP contribution is 2.25. The molecule has 0 amide bonds. The van der Waals surface area contributed by atoms with Crippen molar-refractivity contribution in [2.24, 2.45) is 11.8 Å². The van der Waals surface area contributed by atoms with Crippen LogP contribution in [0.25, 0.3) is 0 Å². The SMILES string of the molecule is C=C(C)CC(C)[C@@H](CC)CCC. The van der Waals surface area contributed by atoms with Gasteiger partial charge in [-0.2, -0.15) is 0 Å². The summed E-state index contributed by atoms with van der Waals surface area (Å²) in [6, 6.07) is 0. The summed E-state index contributed by atoms with van der Waals surface area (Å²) < 4.78 is 0. The van der Waals surface area contributed by atoms with E-state index in [2.05, 4.69) is 34.3 Å². The molecule has 1 unspecified atom stereocenters. The van der Waals surface area contributed by atoms with E-state index in [9.17, 15) is 0 Å². The van der Waals surface area contributed by atoms with E-state index in [1.165, 1.54) is 31.3 Å². The molecule has 0 aromatic rings. The maximum Gasteiger partial charge on any atom is -0.0297 e. The largest absolute Gasteiger partial charge is 0.100 e. The van der Waals surface area contributed by atoms with Gasteiger partial charge in [0.2, 0.25) is 0 Å². The highest BCUT2D eigenvalue weighted by atomic mass is 14.2. The molecule has 0 aromatic carbocycles. The molecule has 0 aliphatic carbocycles. The summed E-state index contributed by atoms with van der Waals surface area (Å²) in [5, 5.41) is 0. The second-order valence-electron chi connectivity index (χ2n) is 4.10. The van der Waals surface area contributed by atoms with Crippen LogP contribution in [0.5, 0.6) is 0 Å². The summed E-state index contributed by atoms with van der Waals surface area (Å²) >= 11 is 0. The minimum Gasteiger partial charge on any atom is -0.100 e. The Morgan fingerprint density at radius 1 is 1.33 bits per heavy atom. The van der Waals surface area contributed by atoms with Crippen molar-refractivity contribution >= 4 is 0 Å². The lowest BCUT2D eigenvalue weighted by molar-refractivity contribution is 0.321. The molecule has 12 heavy (non-hydrogen) atoms. The van der Waals surface area contributed by atoms with Crippen LogP contribution in [-0.4, -0.2) is 0 Å². The number of hydrogen-bond acceptors (Lipinski definition) is 0. The van der Waals surface area contributed by atoms with Gasteiger partial charge in [-0.15, -0.1) is 6.58 Å². The van der Waals surface area contributed by atoms with Crippen molar-refractivity contribution in [2.75, 3.05) is 0 Å². The van der Waals surface area contributed by atoms with Gasteiger partial charge in [-0.25, -0.2) is 0 Å². The third kappa shape index (κ3) is 4.58. The fourth-order valence-electron chi connectivity index (χ4n) is 1.98. The van der Waals surface area contributed by atoms with Crippen LogP contribution in [0.1, 0.15) is 53.4 Å². The fourth-order valence-corrected chi connectivity index (χ4v) is 1.98. The van der Waals surface area contributed by atoms with E-state index >= 15 is 0 Å². The van der Waals surface area contributed by atoms with Gasteiger partial charge in [0, 0.05) is 0 Å². The van der Waals surface area contributed by atoms with Crippen molar-refractivity contribution in [3.8, 4) is 0 Å². The Labute approximate surface area is 78.1 Å². The first-order valence-electron chi connectivity index (χ1n) is 5.26. The van der Waals surface area contributed by atoms with Gasteiger partial charge in [0.05, 0.1) is 0 Å². The van der Waals surface area contributed by atoms with E-state index in [0.717, 1.165) is 11.8 Å². The third-order valence-electron chi connectivity index (χ3n) is 2.66. The maximum atomic E-state index is 3.97. The van der Waals surface area contributed by atoms with Gasteiger partial charge < -0.3 is 0 Å². The Balaban J connectivity index is 3.84. The molecule has 0 aromatic heterocycles. The van der Waals surface area contributed by atoms with Gasteiger partial charge in [0.15, 0.2) is 0 Å². The number of hydrogen-bond donors (Lipinski definition) is 0. The Hall–Kier alpha value is -0.260. The van der Waals surface area contributed by atoms with E-state index in [1.54, 1.807) is 0 Å². The second kappa shape index (κ2) is 6.28. The summed E-state index contributed by atoms with van der Waals surface area (Å²) in [5.74, 6) is 1.74. The average molecular weight is 168 g/mol. The molecule has 0 nitrogen and oxygen atoms in total. The molecule has 0 radical (unpaired) electrons. The topological polar surface area (TPSA) is 0 Å². The zero-order valence-electron chi connectivity index (χ0n) is 9.19. The molecule has 0 rings (SSSR count). The molecule has 0 N–H and O–H groups in total. The Morgan fingerprint density at radius 2 is 1.92 bits per heavy atom. The van der Waals surface area contributed by atoms with Crippen molar-refractivity contribution in [1.82, 2.24) is 0 Å². The van der Waals surface area contributed by atoms with Gasteiger partial charge in [-0.05, 0) is 25.2 Å². The quantitative estimate of drug-likeness (QED) is 0.515. The van der Waals surface area contributed by atoms with Crippen LogP contribution in [0, 0.1) is 11.8 Å². The highest BCUT2D eigenvalue weighted by molar-refractivity contribution is 4.90. The van der Waals surface area contributed by atoms with Gasteiger partial charge in [0.1, 0.15) is 0 Å². The standard InChI is InChI=1S/C12H24/c1-6-8-12(7-2)11(5)9-10(3)4/h11-12H,3,6-9H2,1-2,4-5H3/t11?,12-/m0/s1. The molecule has 0 aliphatic heterocycles. The van der Waals surface area contributed by atoms with Crippen molar-refractivity contribution in [2.45, 2.75) is 53.4 Å². The Kier molecular flexibility index (Phi) is 6.14. The van der Waals surface area contributed by atoms with Gasteiger partial charge >= 0.3 is 0 Å². The summed E-state index contributed by atoms with van der Waals surface area (Å²) in [7, 11) is 0. The van der Waals surface area contributed by atoms with Crippen LogP contribution >= 0.6 is 0 Å². The molecule has 0 aliphatic rings. The number of rotatable bonds is 6. The first kappa shape index (κ1) is 11.7. The predicted molar refractivity (Wildman–Crippen MR) is 57.3 cm³/mol. The smallest absolute Gasteiger partial charge is 0.0297 e. The first-order valence-corrected chi connectivity index (χ1v) is 5.26. The highest BCUT2D eigenvalue weighted by Gasteiger charge is 2.13. The van der Waals surface area contributed by atoms with Crippen LogP contribution in [0.2, 0.25) is 0 Å². The lowest BCUT2D eigenvalue weighted by Crippen LogP contribution is -2.10. The lowest BCUT2D eigenvalue weighted by atomic mass is 9.84. The van der Waals surface area contributed by atoms with Crippen molar-refractivity contribution < 1.29 is 0 Å². The van der Waals surface area contributed by atoms with Crippen molar-refractivity contribution in [3.63, 3.8) is 0 Å². The summed E-state index contributed by atoms with van der Waals surface area (Å²) in [5.41, 5.74) is 1.33. The molecule has 0 bridgehead atoms.